The van der Waals surface area contributed by atoms with Crippen LogP contribution in [0.1, 0.15) is 13.3 Å². The van der Waals surface area contributed by atoms with E-state index in [-0.39, 0.29) is 12.2 Å². The first-order valence-corrected chi connectivity index (χ1v) is 4.86. The SMILES string of the molecule is CC(=O)C[C@@H]1OC(=O)C(Br)=C1Br. The maximum absolute atomic E-state index is 10.9. The van der Waals surface area contributed by atoms with Crippen LogP contribution in [0.2, 0.25) is 0 Å². The highest BCUT2D eigenvalue weighted by atomic mass is 79.9. The van der Waals surface area contributed by atoms with Crippen molar-refractivity contribution in [1.29, 1.82) is 0 Å². The summed E-state index contributed by atoms with van der Waals surface area (Å²) in [6.07, 6.45) is -0.217. The second-order valence-electron chi connectivity index (χ2n) is 2.46. The van der Waals surface area contributed by atoms with Gasteiger partial charge < -0.3 is 4.74 Å². The molecule has 3 nitrogen and oxygen atoms in total. The van der Waals surface area contributed by atoms with Gasteiger partial charge in [0.25, 0.3) is 0 Å². The monoisotopic (exact) mass is 296 g/mol. The molecule has 0 spiro atoms. The zero-order valence-corrected chi connectivity index (χ0v) is 9.44. The van der Waals surface area contributed by atoms with Gasteiger partial charge in [-0.1, -0.05) is 15.9 Å². The van der Waals surface area contributed by atoms with Crippen molar-refractivity contribution in [3.63, 3.8) is 0 Å². The van der Waals surface area contributed by atoms with E-state index in [0.717, 1.165) is 0 Å². The summed E-state index contributed by atoms with van der Waals surface area (Å²) in [7, 11) is 0. The lowest BCUT2D eigenvalue weighted by Crippen LogP contribution is -2.13. The van der Waals surface area contributed by atoms with Crippen LogP contribution < -0.4 is 0 Å². The molecule has 0 aliphatic carbocycles. The number of hydrogen-bond acceptors (Lipinski definition) is 3. The summed E-state index contributed by atoms with van der Waals surface area (Å²) >= 11 is 6.22. The number of halogens is 2. The lowest BCUT2D eigenvalue weighted by molar-refractivity contribution is -0.139. The third kappa shape index (κ3) is 1.95. The molecule has 12 heavy (non-hydrogen) atoms. The minimum atomic E-state index is -0.440. The zero-order chi connectivity index (χ0) is 9.30. The van der Waals surface area contributed by atoms with Crippen LogP contribution in [0.25, 0.3) is 0 Å². The molecule has 0 N–H and O–H groups in total. The molecular formula is C7H6Br2O3. The van der Waals surface area contributed by atoms with Crippen molar-refractivity contribution in [2.24, 2.45) is 0 Å². The van der Waals surface area contributed by atoms with E-state index in [4.69, 9.17) is 4.74 Å². The zero-order valence-electron chi connectivity index (χ0n) is 6.27. The van der Waals surface area contributed by atoms with Crippen LogP contribution in [0.15, 0.2) is 8.96 Å². The number of carbonyl (C=O) groups is 2. The molecule has 1 rings (SSSR count). The van der Waals surface area contributed by atoms with Crippen molar-refractivity contribution in [1.82, 2.24) is 0 Å². The first kappa shape index (κ1) is 9.92. The Labute approximate surface area is 86.4 Å². The Bertz CT molecular complexity index is 270. The van der Waals surface area contributed by atoms with Gasteiger partial charge in [-0.05, 0) is 22.9 Å². The Balaban J connectivity index is 2.73. The van der Waals surface area contributed by atoms with Crippen molar-refractivity contribution in [3.05, 3.63) is 8.96 Å². The lowest BCUT2D eigenvalue weighted by atomic mass is 10.2. The highest BCUT2D eigenvalue weighted by Crippen LogP contribution is 2.32. The predicted octanol–water partition coefficient (Wildman–Crippen LogP) is 1.89. The molecule has 0 aromatic rings. The van der Waals surface area contributed by atoms with E-state index in [1.165, 1.54) is 6.92 Å². The van der Waals surface area contributed by atoms with Gasteiger partial charge >= 0.3 is 5.97 Å². The Hall–Kier alpha value is -0.160. The summed E-state index contributed by atoms with van der Waals surface area (Å²) in [5.41, 5.74) is 0. The molecule has 0 saturated carbocycles. The van der Waals surface area contributed by atoms with Crippen LogP contribution in [0.4, 0.5) is 0 Å². The summed E-state index contributed by atoms with van der Waals surface area (Å²) in [6, 6.07) is 0. The highest BCUT2D eigenvalue weighted by molar-refractivity contribution is 9.14. The van der Waals surface area contributed by atoms with E-state index in [9.17, 15) is 9.59 Å². The van der Waals surface area contributed by atoms with Gasteiger partial charge in [-0.25, -0.2) is 4.79 Å². The topological polar surface area (TPSA) is 43.4 Å². The Morgan fingerprint density at radius 1 is 1.58 bits per heavy atom. The number of ether oxygens (including phenoxy) is 1. The van der Waals surface area contributed by atoms with E-state index >= 15 is 0 Å². The van der Waals surface area contributed by atoms with Gasteiger partial charge in [0.1, 0.15) is 16.4 Å². The molecule has 1 heterocycles. The molecule has 66 valence electrons. The van der Waals surface area contributed by atoms with Gasteiger partial charge in [0.2, 0.25) is 0 Å². The van der Waals surface area contributed by atoms with E-state index in [1.54, 1.807) is 0 Å². The largest absolute Gasteiger partial charge is 0.452 e. The van der Waals surface area contributed by atoms with E-state index < -0.39 is 12.1 Å². The minimum Gasteiger partial charge on any atom is -0.452 e. The summed E-state index contributed by atoms with van der Waals surface area (Å²) in [5.74, 6) is -0.430. The van der Waals surface area contributed by atoms with Crippen molar-refractivity contribution in [2.75, 3.05) is 0 Å². The molecule has 0 radical (unpaired) electrons. The summed E-state index contributed by atoms with van der Waals surface area (Å²) in [5, 5.41) is 0. The fraction of sp³-hybridized carbons (Fsp3) is 0.429. The maximum Gasteiger partial charge on any atom is 0.346 e. The number of esters is 1. The van der Waals surface area contributed by atoms with Gasteiger partial charge in [0, 0.05) is 6.42 Å². The van der Waals surface area contributed by atoms with Gasteiger partial charge in [-0.3, -0.25) is 4.79 Å². The number of ketones is 1. The van der Waals surface area contributed by atoms with Crippen LogP contribution in [0.5, 0.6) is 0 Å². The van der Waals surface area contributed by atoms with Crippen molar-refractivity contribution in [3.8, 4) is 0 Å². The summed E-state index contributed by atoms with van der Waals surface area (Å²) in [4.78, 5) is 21.6. The molecule has 0 bridgehead atoms. The Morgan fingerprint density at radius 3 is 2.50 bits per heavy atom. The standard InChI is InChI=1S/C7H6Br2O3/c1-3(10)2-4-5(8)6(9)7(11)12-4/h4H,2H2,1H3/t4-/m0/s1. The molecule has 0 fully saturated rings. The lowest BCUT2D eigenvalue weighted by Gasteiger charge is -2.06. The normalized spacial score (nSPS) is 22.9. The van der Waals surface area contributed by atoms with Gasteiger partial charge in [0.05, 0.1) is 4.48 Å². The van der Waals surface area contributed by atoms with Gasteiger partial charge in [0.15, 0.2) is 0 Å². The van der Waals surface area contributed by atoms with Gasteiger partial charge in [-0.2, -0.15) is 0 Å². The molecule has 0 unspecified atom stereocenters. The molecular weight excluding hydrogens is 292 g/mol. The first-order valence-electron chi connectivity index (χ1n) is 3.28. The number of cyclic esters (lactones) is 1. The Morgan fingerprint density at radius 2 is 2.17 bits per heavy atom. The smallest absolute Gasteiger partial charge is 0.346 e. The van der Waals surface area contributed by atoms with Gasteiger partial charge in [-0.15, -0.1) is 0 Å². The van der Waals surface area contributed by atoms with Crippen LogP contribution in [0, 0.1) is 0 Å². The van der Waals surface area contributed by atoms with Crippen LogP contribution in [0.3, 0.4) is 0 Å². The third-order valence-corrected chi connectivity index (χ3v) is 3.58. The molecule has 0 aromatic carbocycles. The highest BCUT2D eigenvalue weighted by Gasteiger charge is 2.31. The molecule has 0 saturated heterocycles. The molecule has 1 atom stereocenters. The van der Waals surface area contributed by atoms with Crippen molar-refractivity contribution >= 4 is 43.6 Å². The average molecular weight is 298 g/mol. The summed E-state index contributed by atoms with van der Waals surface area (Å²) < 4.78 is 5.85. The molecule has 5 heteroatoms. The molecule has 0 amide bonds. The van der Waals surface area contributed by atoms with E-state index in [2.05, 4.69) is 31.9 Å². The van der Waals surface area contributed by atoms with Crippen LogP contribution in [-0.4, -0.2) is 17.9 Å². The fourth-order valence-corrected chi connectivity index (χ4v) is 1.63. The maximum atomic E-state index is 10.9. The number of carbonyl (C=O) groups excluding carboxylic acids is 2. The third-order valence-electron chi connectivity index (χ3n) is 1.39. The quantitative estimate of drug-likeness (QED) is 0.731. The average Bonchev–Trinajstić information content (AvgIpc) is 2.17. The molecule has 0 aromatic heterocycles. The first-order chi connectivity index (χ1) is 5.52. The second kappa shape index (κ2) is 3.70. The molecule has 1 aliphatic rings. The van der Waals surface area contributed by atoms with Crippen LogP contribution in [-0.2, 0) is 14.3 Å². The minimum absolute atomic E-state index is 0.00745. The predicted molar refractivity (Wildman–Crippen MR) is 50.1 cm³/mol. The number of rotatable bonds is 2. The van der Waals surface area contributed by atoms with Crippen LogP contribution >= 0.6 is 31.9 Å². The van der Waals surface area contributed by atoms with E-state index in [1.807, 2.05) is 0 Å². The van der Waals surface area contributed by atoms with E-state index in [0.29, 0.717) is 8.96 Å². The number of Topliss-reactive ketones (excluding diaryl/α,β-unsaturated/α-hetero) is 1. The second-order valence-corrected chi connectivity index (χ2v) is 4.11. The Kier molecular flexibility index (Phi) is 3.06. The fourth-order valence-electron chi connectivity index (χ4n) is 0.864. The number of hydrogen-bond donors (Lipinski definition) is 0. The molecule has 1 aliphatic heterocycles. The van der Waals surface area contributed by atoms with Crippen molar-refractivity contribution in [2.45, 2.75) is 19.4 Å². The summed E-state index contributed by atoms with van der Waals surface area (Å²) in [6.45, 7) is 1.46. The van der Waals surface area contributed by atoms with Crippen molar-refractivity contribution < 1.29 is 14.3 Å².